The van der Waals surface area contributed by atoms with E-state index in [0.29, 0.717) is 40.8 Å². The van der Waals surface area contributed by atoms with Crippen molar-refractivity contribution in [3.8, 4) is 0 Å². The number of aromatic nitrogens is 2. The van der Waals surface area contributed by atoms with Gasteiger partial charge in [-0.2, -0.15) is 0 Å². The third-order valence-corrected chi connectivity index (χ3v) is 18.0. The molecule has 1 spiro atoms. The molecule has 410 valence electrons. The lowest BCUT2D eigenvalue weighted by molar-refractivity contribution is -0.160. The Balaban J connectivity index is 0.788. The molecule has 0 aliphatic carbocycles. The average molecular weight is 1100 g/mol. The predicted molar refractivity (Wildman–Crippen MR) is 282 cm³/mol. The number of likely N-dealkylation sites (tertiary alicyclic amines) is 3. The Kier molecular flexibility index (Phi) is 15.0. The topological polar surface area (TPSA) is 242 Å². The summed E-state index contributed by atoms with van der Waals surface area (Å²) in [6.45, 7) is 9.35. The van der Waals surface area contributed by atoms with Crippen LogP contribution in [0.15, 0.2) is 77.6 Å². The summed E-state index contributed by atoms with van der Waals surface area (Å²) < 4.78 is 42.3. The molecule has 5 aliphatic rings. The van der Waals surface area contributed by atoms with Crippen molar-refractivity contribution in [3.63, 3.8) is 0 Å². The van der Waals surface area contributed by atoms with E-state index < -0.39 is 67.0 Å². The molecule has 1 unspecified atom stereocenters. The highest BCUT2D eigenvalue weighted by atomic mass is 32.1. The summed E-state index contributed by atoms with van der Waals surface area (Å²) in [6, 6.07) is 17.8. The van der Waals surface area contributed by atoms with Crippen LogP contribution in [-0.4, -0.2) is 151 Å². The average Bonchev–Trinajstić information content (AvgIpc) is 4.12. The summed E-state index contributed by atoms with van der Waals surface area (Å²) in [5.74, 6) is -5.04. The van der Waals surface area contributed by atoms with E-state index in [1.807, 2.05) is 48.5 Å². The smallest absolute Gasteiger partial charge is 0.363 e. The first-order chi connectivity index (χ1) is 36.6. The molecule has 23 heteroatoms. The molecule has 6 amide bonds. The molecule has 3 aromatic carbocycles. The van der Waals surface area contributed by atoms with Crippen LogP contribution in [0.2, 0.25) is 0 Å². The fourth-order valence-corrected chi connectivity index (χ4v) is 13.1. The van der Waals surface area contributed by atoms with E-state index in [9.17, 15) is 52.3 Å². The van der Waals surface area contributed by atoms with Gasteiger partial charge < -0.3 is 39.3 Å². The van der Waals surface area contributed by atoms with Gasteiger partial charge in [-0.1, -0.05) is 63.2 Å². The number of rotatable bonds is 13. The quantitative estimate of drug-likeness (QED) is 0.0937. The number of carbonyl (C=O) groups excluding carboxylic acids is 6. The van der Waals surface area contributed by atoms with Crippen molar-refractivity contribution in [2.75, 3.05) is 59.0 Å². The Morgan fingerprint density at radius 1 is 0.935 bits per heavy atom. The van der Waals surface area contributed by atoms with Crippen LogP contribution in [0.1, 0.15) is 97.3 Å². The largest absolute Gasteiger partial charge is 0.370 e. The number of benzene rings is 3. The lowest BCUT2D eigenvalue weighted by atomic mass is 9.72. The molecule has 4 N–H and O–H groups in total. The highest BCUT2D eigenvalue weighted by Crippen LogP contribution is 2.53. The molecule has 20 nitrogen and oxygen atoms in total. The second-order valence-corrected chi connectivity index (χ2v) is 25.0. The number of ether oxygens (including phenoxy) is 2. The highest BCUT2D eigenvalue weighted by Gasteiger charge is 2.50. The SMILES string of the molecule is Cn1c(=O)n(C2CCC(=O)NC2=O)c2ccc(CN3CCC4(CC3)CN(C(=O)CO[C@@H]3CCN(C(=O)[C@@H](NC(=O)c5cc6cc([C@H](F)P(=O)(O)O)ccc6s5)C(C)(C)C)[C@@H]3C(=O)N3CCO[C@H](c5ccccc5)C3)C4)cc21. The van der Waals surface area contributed by atoms with Gasteiger partial charge in [0.25, 0.3) is 5.91 Å². The summed E-state index contributed by atoms with van der Waals surface area (Å²) in [5, 5.41) is 5.65. The van der Waals surface area contributed by atoms with E-state index in [2.05, 4.69) is 15.5 Å². The monoisotopic (exact) mass is 1100 g/mol. The number of nitrogens with one attached hydrogen (secondary N) is 2. The highest BCUT2D eigenvalue weighted by molar-refractivity contribution is 7.51. The number of thiophene rings is 1. The maximum absolute atomic E-state index is 15.0. The number of hydrogen-bond donors (Lipinski definition) is 4. The minimum atomic E-state index is -5.08. The van der Waals surface area contributed by atoms with Gasteiger partial charge >= 0.3 is 13.3 Å². The lowest BCUT2D eigenvalue weighted by Gasteiger charge is -2.54. The lowest BCUT2D eigenvalue weighted by Crippen LogP contribution is -2.62. The third kappa shape index (κ3) is 11.0. The van der Waals surface area contributed by atoms with Crippen LogP contribution in [0.5, 0.6) is 0 Å². The van der Waals surface area contributed by atoms with Crippen molar-refractivity contribution in [3.05, 3.63) is 105 Å². The van der Waals surface area contributed by atoms with Crippen LogP contribution >= 0.6 is 18.9 Å². The Morgan fingerprint density at radius 3 is 2.38 bits per heavy atom. The Morgan fingerprint density at radius 2 is 1.68 bits per heavy atom. The molecule has 77 heavy (non-hydrogen) atoms. The van der Waals surface area contributed by atoms with Crippen LogP contribution in [0, 0.1) is 10.8 Å². The molecule has 0 saturated carbocycles. The zero-order chi connectivity index (χ0) is 54.7. The maximum Gasteiger partial charge on any atom is 0.363 e. The van der Waals surface area contributed by atoms with E-state index >= 15 is 0 Å². The summed E-state index contributed by atoms with van der Waals surface area (Å²) in [4.78, 5) is 122. The first-order valence-electron chi connectivity index (χ1n) is 26.0. The fourth-order valence-electron chi connectivity index (χ4n) is 11.6. The predicted octanol–water partition coefficient (Wildman–Crippen LogP) is 4.53. The number of morpholine rings is 1. The standard InChI is InChI=1S/C54H64FN8O12PS/c1-53(2,3)46(57-49(67)42-26-35-25-34(11-14-41(35)77-42)47(55)76(71,72)73)51(69)62-19-16-39(45(62)50(68)60-22-23-74-40(28-60)33-8-6-5-7-9-33)75-29-44(65)61-30-54(31-61)17-20-59(21-18-54)27-32-10-12-36-38(24-32)58(4)52(70)63(36)37-13-15-43(64)56-48(37)66/h5-12,14,24-26,37,39-40,45-47H,13,15-23,27-31H2,1-4H3,(H,57,67)(H,56,64,66)(H2,71,72,73)/t37?,39-,40+,45+,46-,47-/m1/s1. The Hall–Kier alpha value is -6.13. The van der Waals surface area contributed by atoms with E-state index in [0.717, 1.165) is 48.4 Å². The van der Waals surface area contributed by atoms with Crippen LogP contribution in [0.3, 0.4) is 0 Å². The van der Waals surface area contributed by atoms with Gasteiger partial charge in [0.05, 0.1) is 35.2 Å². The molecule has 5 saturated heterocycles. The summed E-state index contributed by atoms with van der Waals surface area (Å²) in [5.41, 5.74) is 1.79. The van der Waals surface area contributed by atoms with Crippen molar-refractivity contribution in [1.82, 2.24) is 39.4 Å². The molecule has 0 radical (unpaired) electrons. The fraction of sp³-hybridized carbons (Fsp3) is 0.500. The van der Waals surface area contributed by atoms with E-state index in [1.54, 1.807) is 37.6 Å². The number of carbonyl (C=O) groups is 6. The number of imide groups is 1. The first kappa shape index (κ1) is 54.2. The number of halogens is 1. The zero-order valence-corrected chi connectivity index (χ0v) is 45.1. The van der Waals surface area contributed by atoms with Crippen molar-refractivity contribution in [2.45, 2.75) is 95.7 Å². The van der Waals surface area contributed by atoms with Gasteiger partial charge in [0.1, 0.15) is 30.8 Å². The number of aryl methyl sites for hydroxylation is 1. The van der Waals surface area contributed by atoms with Gasteiger partial charge in [-0.05, 0) is 96.6 Å². The van der Waals surface area contributed by atoms with Crippen molar-refractivity contribution >= 4 is 75.5 Å². The molecule has 10 rings (SSSR count). The minimum Gasteiger partial charge on any atom is -0.370 e. The van der Waals surface area contributed by atoms with Crippen LogP contribution in [0.4, 0.5) is 4.39 Å². The van der Waals surface area contributed by atoms with E-state index in [1.165, 1.54) is 38.3 Å². The van der Waals surface area contributed by atoms with E-state index in [4.69, 9.17) is 9.47 Å². The van der Waals surface area contributed by atoms with Crippen LogP contribution in [-0.2, 0) is 51.6 Å². The second kappa shape index (κ2) is 21.3. The summed E-state index contributed by atoms with van der Waals surface area (Å²) in [7, 11) is -3.40. The summed E-state index contributed by atoms with van der Waals surface area (Å²) in [6.07, 6.45) is 1.17. The van der Waals surface area contributed by atoms with Crippen LogP contribution in [0.25, 0.3) is 21.1 Å². The number of imidazole rings is 1. The normalized spacial score (nSPS) is 23.0. The number of hydrogen-bond acceptors (Lipinski definition) is 12. The number of piperidine rings is 2. The van der Waals surface area contributed by atoms with Crippen molar-refractivity contribution < 1.29 is 57.0 Å². The molecule has 0 bridgehead atoms. The molecule has 7 heterocycles. The minimum absolute atomic E-state index is 0.0474. The Labute approximate surface area is 447 Å². The molecule has 5 aromatic rings. The number of alkyl halides is 1. The molecule has 5 fully saturated rings. The number of fused-ring (bicyclic) bond motifs is 2. The first-order valence-corrected chi connectivity index (χ1v) is 28.5. The second-order valence-electron chi connectivity index (χ2n) is 22.3. The molecule has 6 atom stereocenters. The van der Waals surface area contributed by atoms with Gasteiger partial charge in [0.2, 0.25) is 35.4 Å². The Bertz CT molecular complexity index is 3250. The zero-order valence-electron chi connectivity index (χ0n) is 43.4. The van der Waals surface area contributed by atoms with Gasteiger partial charge in [0.15, 0.2) is 0 Å². The molecule has 2 aromatic heterocycles. The molecular formula is C54H64FN8O12PS. The van der Waals surface area contributed by atoms with Crippen molar-refractivity contribution in [2.24, 2.45) is 17.9 Å². The third-order valence-electron chi connectivity index (χ3n) is 16.0. The van der Waals surface area contributed by atoms with Gasteiger partial charge in [-0.25, -0.2) is 9.18 Å². The van der Waals surface area contributed by atoms with Gasteiger partial charge in [-0.15, -0.1) is 11.3 Å². The number of amides is 6. The maximum atomic E-state index is 15.0. The number of nitrogens with zero attached hydrogens (tertiary/aromatic N) is 6. The van der Waals surface area contributed by atoms with Gasteiger partial charge in [-0.3, -0.25) is 52.7 Å². The summed E-state index contributed by atoms with van der Waals surface area (Å²) >= 11 is 1.07. The molecular weight excluding hydrogens is 1030 g/mol. The van der Waals surface area contributed by atoms with Gasteiger partial charge in [0, 0.05) is 56.3 Å². The van der Waals surface area contributed by atoms with E-state index in [-0.39, 0.29) is 91.4 Å². The van der Waals surface area contributed by atoms with Crippen LogP contribution < -0.4 is 16.3 Å². The molecule has 5 aliphatic heterocycles. The van der Waals surface area contributed by atoms with Crippen molar-refractivity contribution in [1.29, 1.82) is 0 Å².